The first-order valence-electron chi connectivity index (χ1n) is 10.6. The van der Waals surface area contributed by atoms with Gasteiger partial charge in [0.1, 0.15) is 6.29 Å². The number of benzene rings is 3. The minimum Gasteiger partial charge on any atom is -0.359 e. The van der Waals surface area contributed by atoms with E-state index in [-0.39, 0.29) is 12.1 Å². The predicted molar refractivity (Wildman–Crippen MR) is 126 cm³/mol. The summed E-state index contributed by atoms with van der Waals surface area (Å²) < 4.78 is 38.7. The topological polar surface area (TPSA) is 91.1 Å². The summed E-state index contributed by atoms with van der Waals surface area (Å²) in [6.45, 7) is 1.23. The van der Waals surface area contributed by atoms with Crippen LogP contribution in [-0.2, 0) is 22.3 Å². The Balaban J connectivity index is 1.46. The zero-order chi connectivity index (χ0) is 25.2. The minimum absolute atomic E-state index is 0.0296. The molecule has 0 aliphatic heterocycles. The molecule has 2 amide bonds. The number of aldehydes is 1. The number of halogens is 3. The number of aryl methyl sites for hydroxylation is 1. The lowest BCUT2D eigenvalue weighted by Gasteiger charge is -2.12. The largest absolute Gasteiger partial charge is 0.416 e. The summed E-state index contributed by atoms with van der Waals surface area (Å²) in [7, 11) is 0. The third-order valence-electron chi connectivity index (χ3n) is 5.54. The van der Waals surface area contributed by atoms with Crippen LogP contribution in [0.3, 0.4) is 0 Å². The first kappa shape index (κ1) is 23.7. The molecule has 0 atom stereocenters. The van der Waals surface area contributed by atoms with Crippen LogP contribution in [0.1, 0.15) is 27.0 Å². The van der Waals surface area contributed by atoms with Crippen molar-refractivity contribution in [3.63, 3.8) is 0 Å². The van der Waals surface area contributed by atoms with E-state index in [4.69, 9.17) is 0 Å². The number of hydrogen-bond acceptors (Lipinski definition) is 3. The number of rotatable bonds is 5. The van der Waals surface area contributed by atoms with Crippen molar-refractivity contribution in [3.05, 3.63) is 89.1 Å². The molecule has 0 aliphatic carbocycles. The van der Waals surface area contributed by atoms with E-state index < -0.39 is 23.6 Å². The zero-order valence-electron chi connectivity index (χ0n) is 18.5. The Morgan fingerprint density at radius 2 is 1.74 bits per heavy atom. The molecule has 6 nitrogen and oxygen atoms in total. The van der Waals surface area contributed by atoms with Crippen molar-refractivity contribution in [2.75, 3.05) is 5.32 Å². The molecule has 0 saturated carbocycles. The van der Waals surface area contributed by atoms with E-state index in [1.165, 1.54) is 19.1 Å². The second kappa shape index (κ2) is 9.46. The van der Waals surface area contributed by atoms with Crippen LogP contribution in [-0.4, -0.2) is 23.1 Å². The molecular formula is C26H20F3N3O3. The van der Waals surface area contributed by atoms with E-state index in [1.54, 1.807) is 24.4 Å². The van der Waals surface area contributed by atoms with Crippen molar-refractivity contribution in [2.45, 2.75) is 19.6 Å². The van der Waals surface area contributed by atoms with Crippen molar-refractivity contribution >= 4 is 34.7 Å². The molecule has 3 N–H and O–H groups in total. The smallest absolute Gasteiger partial charge is 0.359 e. The highest BCUT2D eigenvalue weighted by atomic mass is 19.4. The van der Waals surface area contributed by atoms with Gasteiger partial charge in [-0.3, -0.25) is 14.4 Å². The van der Waals surface area contributed by atoms with Gasteiger partial charge in [-0.2, -0.15) is 13.2 Å². The summed E-state index contributed by atoms with van der Waals surface area (Å²) in [6.07, 6.45) is -2.14. The Morgan fingerprint density at radius 3 is 2.46 bits per heavy atom. The van der Waals surface area contributed by atoms with E-state index in [0.29, 0.717) is 22.2 Å². The van der Waals surface area contributed by atoms with Crippen LogP contribution in [0.25, 0.3) is 22.0 Å². The van der Waals surface area contributed by atoms with Crippen molar-refractivity contribution < 1.29 is 27.6 Å². The van der Waals surface area contributed by atoms with Gasteiger partial charge in [-0.1, -0.05) is 36.4 Å². The van der Waals surface area contributed by atoms with Crippen molar-refractivity contribution in [1.82, 2.24) is 10.3 Å². The molecule has 9 heteroatoms. The summed E-state index contributed by atoms with van der Waals surface area (Å²) in [5.41, 5.74) is 3.01. The fourth-order valence-corrected chi connectivity index (χ4v) is 3.79. The van der Waals surface area contributed by atoms with Crippen LogP contribution >= 0.6 is 0 Å². The average Bonchev–Trinajstić information content (AvgIpc) is 3.23. The van der Waals surface area contributed by atoms with Gasteiger partial charge in [0.05, 0.1) is 11.3 Å². The molecule has 1 aromatic heterocycles. The normalized spacial score (nSPS) is 11.3. The van der Waals surface area contributed by atoms with Gasteiger partial charge in [-0.25, -0.2) is 0 Å². The molecule has 0 fully saturated rings. The monoisotopic (exact) mass is 479 g/mol. The summed E-state index contributed by atoms with van der Waals surface area (Å²) in [5.74, 6) is -1.84. The number of hydrogen-bond donors (Lipinski definition) is 3. The number of alkyl halides is 3. The highest BCUT2D eigenvalue weighted by Crippen LogP contribution is 2.32. The number of amides is 2. The first-order valence-corrected chi connectivity index (χ1v) is 10.6. The fraction of sp³-hybridized carbons (Fsp3) is 0.115. The third-order valence-corrected chi connectivity index (χ3v) is 5.54. The fourth-order valence-electron chi connectivity index (χ4n) is 3.79. The lowest BCUT2D eigenvalue weighted by molar-refractivity contribution is -0.138. The number of anilines is 1. The van der Waals surface area contributed by atoms with E-state index in [2.05, 4.69) is 15.6 Å². The van der Waals surface area contributed by atoms with Gasteiger partial charge in [0.2, 0.25) is 0 Å². The standard InChI is InChI=1S/C26H20F3N3O3/c1-15-9-16(5-7-21(15)26(27,28)29)12-31-24(34)25(35)32-23-13-30-22-8-6-19(11-20(22)23)18-4-2-3-17(10-18)14-33/h2-11,13-14,30H,12H2,1H3,(H,31,34)(H,32,35). The van der Waals surface area contributed by atoms with Crippen LogP contribution in [0.2, 0.25) is 0 Å². The molecule has 0 unspecified atom stereocenters. The maximum atomic E-state index is 12.9. The minimum atomic E-state index is -4.46. The number of H-pyrrole nitrogens is 1. The second-order valence-corrected chi connectivity index (χ2v) is 7.99. The molecule has 0 saturated heterocycles. The van der Waals surface area contributed by atoms with E-state index in [9.17, 15) is 27.6 Å². The molecule has 178 valence electrons. The highest BCUT2D eigenvalue weighted by molar-refractivity contribution is 6.40. The number of aromatic amines is 1. The Hall–Kier alpha value is -4.40. The van der Waals surface area contributed by atoms with Crippen LogP contribution < -0.4 is 10.6 Å². The predicted octanol–water partition coefficient (Wildman–Crippen LogP) is 5.23. The van der Waals surface area contributed by atoms with Gasteiger partial charge >= 0.3 is 18.0 Å². The Labute approximate surface area is 198 Å². The van der Waals surface area contributed by atoms with Gasteiger partial charge in [-0.15, -0.1) is 0 Å². The SMILES string of the molecule is Cc1cc(CNC(=O)C(=O)Nc2c[nH]c3ccc(-c4cccc(C=O)c4)cc23)ccc1C(F)(F)F. The van der Waals surface area contributed by atoms with Crippen molar-refractivity contribution in [2.24, 2.45) is 0 Å². The first-order chi connectivity index (χ1) is 16.7. The highest BCUT2D eigenvalue weighted by Gasteiger charge is 2.32. The third kappa shape index (κ3) is 5.24. The summed E-state index contributed by atoms with van der Waals surface area (Å²) >= 11 is 0. The van der Waals surface area contributed by atoms with Crippen LogP contribution in [0.15, 0.2) is 66.9 Å². The number of nitrogens with one attached hydrogen (secondary N) is 3. The van der Waals surface area contributed by atoms with Crippen molar-refractivity contribution in [1.29, 1.82) is 0 Å². The molecule has 0 spiro atoms. The molecule has 3 aromatic carbocycles. The number of aromatic nitrogens is 1. The number of carbonyl (C=O) groups excluding carboxylic acids is 3. The molecule has 0 aliphatic rings. The summed E-state index contributed by atoms with van der Waals surface area (Å²) in [6, 6.07) is 16.1. The van der Waals surface area contributed by atoms with Crippen molar-refractivity contribution in [3.8, 4) is 11.1 Å². The van der Waals surface area contributed by atoms with Gasteiger partial charge in [0.25, 0.3) is 0 Å². The van der Waals surface area contributed by atoms with E-state index in [0.717, 1.165) is 29.0 Å². The number of carbonyl (C=O) groups is 3. The van der Waals surface area contributed by atoms with E-state index >= 15 is 0 Å². The quantitative estimate of drug-likeness (QED) is 0.270. The molecule has 35 heavy (non-hydrogen) atoms. The molecule has 4 rings (SSSR count). The van der Waals surface area contributed by atoms with Crippen LogP contribution in [0.5, 0.6) is 0 Å². The Kier molecular flexibility index (Phi) is 6.42. The van der Waals surface area contributed by atoms with Gasteiger partial charge in [0.15, 0.2) is 0 Å². The number of fused-ring (bicyclic) bond motifs is 1. The molecule has 0 bridgehead atoms. The molecule has 4 aromatic rings. The van der Waals surface area contributed by atoms with Gasteiger partial charge in [-0.05, 0) is 53.4 Å². The van der Waals surface area contributed by atoms with E-state index in [1.807, 2.05) is 24.3 Å². The molecule has 0 radical (unpaired) electrons. The summed E-state index contributed by atoms with van der Waals surface area (Å²) in [4.78, 5) is 38.8. The lowest BCUT2D eigenvalue weighted by Crippen LogP contribution is -2.34. The Morgan fingerprint density at radius 1 is 0.971 bits per heavy atom. The molecule has 1 heterocycles. The molecular weight excluding hydrogens is 459 g/mol. The zero-order valence-corrected chi connectivity index (χ0v) is 18.5. The average molecular weight is 479 g/mol. The second-order valence-electron chi connectivity index (χ2n) is 7.99. The van der Waals surface area contributed by atoms with Gasteiger partial charge < -0.3 is 15.6 Å². The maximum absolute atomic E-state index is 12.9. The lowest BCUT2D eigenvalue weighted by atomic mass is 10.0. The van der Waals surface area contributed by atoms with Gasteiger partial charge in [0, 0.05) is 29.2 Å². The van der Waals surface area contributed by atoms with Crippen LogP contribution in [0.4, 0.5) is 18.9 Å². The summed E-state index contributed by atoms with van der Waals surface area (Å²) in [5, 5.41) is 5.64. The Bertz CT molecular complexity index is 1440. The maximum Gasteiger partial charge on any atom is 0.416 e. The van der Waals surface area contributed by atoms with Crippen LogP contribution in [0, 0.1) is 6.92 Å².